The van der Waals surface area contributed by atoms with E-state index in [1.807, 2.05) is 0 Å². The molecule has 1 aromatic carbocycles. The molecule has 0 unspecified atom stereocenters. The molecule has 2 fully saturated rings. The Labute approximate surface area is 191 Å². The number of halogens is 2. The van der Waals surface area contributed by atoms with Crippen LogP contribution in [-0.2, 0) is 21.4 Å². The van der Waals surface area contributed by atoms with Gasteiger partial charge in [-0.2, -0.15) is 4.31 Å². The molecule has 10 heteroatoms. The van der Waals surface area contributed by atoms with Crippen LogP contribution in [0.2, 0.25) is 10.0 Å². The Hall–Kier alpha value is -2.00. The summed E-state index contributed by atoms with van der Waals surface area (Å²) in [4.78, 5) is 23.3. The van der Waals surface area contributed by atoms with Crippen molar-refractivity contribution in [3.63, 3.8) is 0 Å². The zero-order valence-corrected chi connectivity index (χ0v) is 19.0. The number of aromatic nitrogens is 2. The molecule has 3 atom stereocenters. The molecule has 4 rings (SSSR count). The van der Waals surface area contributed by atoms with Crippen LogP contribution in [0.4, 0.5) is 0 Å². The van der Waals surface area contributed by atoms with Gasteiger partial charge in [0.2, 0.25) is 15.9 Å². The van der Waals surface area contributed by atoms with Crippen molar-refractivity contribution in [2.75, 3.05) is 6.54 Å². The van der Waals surface area contributed by atoms with E-state index in [1.54, 1.807) is 23.2 Å². The van der Waals surface area contributed by atoms with Crippen molar-refractivity contribution in [1.82, 2.24) is 19.2 Å². The molecule has 0 N–H and O–H groups in total. The van der Waals surface area contributed by atoms with E-state index in [2.05, 4.69) is 16.5 Å². The van der Waals surface area contributed by atoms with E-state index in [1.165, 1.54) is 28.8 Å². The predicted molar refractivity (Wildman–Crippen MR) is 118 cm³/mol. The molecule has 3 heterocycles. The fourth-order valence-electron chi connectivity index (χ4n) is 4.44. The SMILES string of the molecule is C=C[C@@H]1CN(Cc2ccncn2)C(=O)[C@@H]2CCC[C@H]1N2S(=O)(=O)c1cc(Cl)cc(Cl)c1. The Morgan fingerprint density at radius 3 is 2.58 bits per heavy atom. The Bertz CT molecular complexity index is 1080. The summed E-state index contributed by atoms with van der Waals surface area (Å²) in [5.74, 6) is -0.454. The van der Waals surface area contributed by atoms with Crippen LogP contribution in [-0.4, -0.2) is 52.1 Å². The molecule has 0 saturated carbocycles. The van der Waals surface area contributed by atoms with Gasteiger partial charge in [0, 0.05) is 34.7 Å². The third-order valence-corrected chi connectivity index (χ3v) is 8.19. The highest BCUT2D eigenvalue weighted by atomic mass is 35.5. The Balaban J connectivity index is 1.76. The van der Waals surface area contributed by atoms with Gasteiger partial charge in [0.25, 0.3) is 0 Å². The third-order valence-electron chi connectivity index (χ3n) is 5.84. The zero-order chi connectivity index (χ0) is 22.2. The van der Waals surface area contributed by atoms with Crippen molar-refractivity contribution in [3.8, 4) is 0 Å². The average molecular weight is 481 g/mol. The summed E-state index contributed by atoms with van der Waals surface area (Å²) in [5.41, 5.74) is 0.693. The van der Waals surface area contributed by atoms with Gasteiger partial charge in [-0.1, -0.05) is 29.3 Å². The average Bonchev–Trinajstić information content (AvgIpc) is 2.81. The van der Waals surface area contributed by atoms with Crippen LogP contribution in [0.3, 0.4) is 0 Å². The second-order valence-corrected chi connectivity index (χ2v) is 10.5. The molecule has 1 aromatic heterocycles. The van der Waals surface area contributed by atoms with Gasteiger partial charge in [0.15, 0.2) is 0 Å². The second kappa shape index (κ2) is 8.86. The van der Waals surface area contributed by atoms with Gasteiger partial charge in [0.05, 0.1) is 17.1 Å². The fraction of sp³-hybridized carbons (Fsp3) is 0.381. The number of sulfonamides is 1. The molecular weight excluding hydrogens is 459 g/mol. The number of carbonyl (C=O) groups excluding carboxylic acids is 1. The van der Waals surface area contributed by atoms with E-state index in [-0.39, 0.29) is 39.4 Å². The monoisotopic (exact) mass is 480 g/mol. The van der Waals surface area contributed by atoms with Crippen molar-refractivity contribution in [3.05, 3.63) is 65.2 Å². The maximum absolute atomic E-state index is 13.7. The molecule has 7 nitrogen and oxygen atoms in total. The first-order chi connectivity index (χ1) is 14.8. The molecule has 1 amide bonds. The molecule has 31 heavy (non-hydrogen) atoms. The van der Waals surface area contributed by atoms with E-state index >= 15 is 0 Å². The Kier molecular flexibility index (Phi) is 6.35. The fourth-order valence-corrected chi connectivity index (χ4v) is 7.04. The predicted octanol–water partition coefficient (Wildman–Crippen LogP) is 3.54. The van der Waals surface area contributed by atoms with Gasteiger partial charge in [0.1, 0.15) is 12.4 Å². The molecule has 2 saturated heterocycles. The van der Waals surface area contributed by atoms with Crippen LogP contribution in [0.15, 0.2) is 54.3 Å². The van der Waals surface area contributed by atoms with Crippen molar-refractivity contribution in [2.24, 2.45) is 5.92 Å². The topological polar surface area (TPSA) is 83.5 Å². The summed E-state index contributed by atoms with van der Waals surface area (Å²) in [5, 5.41) is 0.450. The molecule has 0 radical (unpaired) electrons. The van der Waals surface area contributed by atoms with E-state index < -0.39 is 16.1 Å². The third kappa shape index (κ3) is 4.35. The van der Waals surface area contributed by atoms with Crippen LogP contribution in [0.25, 0.3) is 0 Å². The first kappa shape index (κ1) is 22.2. The van der Waals surface area contributed by atoms with Crippen LogP contribution in [0.1, 0.15) is 25.0 Å². The minimum Gasteiger partial charge on any atom is -0.335 e. The van der Waals surface area contributed by atoms with Crippen molar-refractivity contribution < 1.29 is 13.2 Å². The smallest absolute Gasteiger partial charge is 0.244 e. The van der Waals surface area contributed by atoms with E-state index in [0.717, 1.165) is 6.42 Å². The van der Waals surface area contributed by atoms with Gasteiger partial charge in [-0.15, -0.1) is 6.58 Å². The number of hydrogen-bond acceptors (Lipinski definition) is 5. The number of hydrogen-bond donors (Lipinski definition) is 0. The molecule has 2 aliphatic heterocycles. The maximum Gasteiger partial charge on any atom is 0.244 e. The van der Waals surface area contributed by atoms with Gasteiger partial charge in [-0.25, -0.2) is 18.4 Å². The second-order valence-electron chi connectivity index (χ2n) is 7.77. The van der Waals surface area contributed by atoms with Crippen LogP contribution in [0, 0.1) is 5.92 Å². The maximum atomic E-state index is 13.7. The molecule has 2 aliphatic rings. The highest BCUT2D eigenvalue weighted by Crippen LogP contribution is 2.38. The summed E-state index contributed by atoms with van der Waals surface area (Å²) < 4.78 is 28.8. The highest BCUT2D eigenvalue weighted by Gasteiger charge is 2.49. The molecule has 2 bridgehead atoms. The lowest BCUT2D eigenvalue weighted by Crippen LogP contribution is -2.54. The van der Waals surface area contributed by atoms with Gasteiger partial charge >= 0.3 is 0 Å². The summed E-state index contributed by atoms with van der Waals surface area (Å²) in [7, 11) is -4.02. The van der Waals surface area contributed by atoms with Crippen LogP contribution < -0.4 is 0 Å². The number of benzene rings is 1. The number of carbonyl (C=O) groups is 1. The zero-order valence-electron chi connectivity index (χ0n) is 16.7. The van der Waals surface area contributed by atoms with Gasteiger partial charge in [-0.3, -0.25) is 4.79 Å². The first-order valence-corrected chi connectivity index (χ1v) is 12.2. The van der Waals surface area contributed by atoms with E-state index in [9.17, 15) is 13.2 Å². The lowest BCUT2D eigenvalue weighted by molar-refractivity contribution is -0.135. The van der Waals surface area contributed by atoms with E-state index in [4.69, 9.17) is 23.2 Å². The molecule has 2 aromatic rings. The molecule has 164 valence electrons. The lowest BCUT2D eigenvalue weighted by Gasteiger charge is -2.40. The normalized spacial score (nSPS) is 24.6. The minimum atomic E-state index is -4.02. The Morgan fingerprint density at radius 1 is 1.19 bits per heavy atom. The molecular formula is C21H22Cl2N4O3S. The van der Waals surface area contributed by atoms with Crippen LogP contribution >= 0.6 is 23.2 Å². The summed E-state index contributed by atoms with van der Waals surface area (Å²) in [6.07, 6.45) is 6.65. The highest BCUT2D eigenvalue weighted by molar-refractivity contribution is 7.89. The van der Waals surface area contributed by atoms with E-state index in [0.29, 0.717) is 25.1 Å². The quantitative estimate of drug-likeness (QED) is 0.611. The summed E-state index contributed by atoms with van der Waals surface area (Å²) >= 11 is 12.2. The summed E-state index contributed by atoms with van der Waals surface area (Å²) in [6, 6.07) is 4.79. The van der Waals surface area contributed by atoms with Crippen molar-refractivity contribution in [2.45, 2.75) is 42.8 Å². The summed E-state index contributed by atoms with van der Waals surface area (Å²) in [6.45, 7) is 4.58. The van der Waals surface area contributed by atoms with Crippen LogP contribution in [0.5, 0.6) is 0 Å². The number of piperidine rings is 1. The minimum absolute atomic E-state index is 0.0123. The van der Waals surface area contributed by atoms with Gasteiger partial charge < -0.3 is 4.90 Å². The van der Waals surface area contributed by atoms with Crippen molar-refractivity contribution in [1.29, 1.82) is 0 Å². The molecule has 0 spiro atoms. The number of amides is 1. The standard InChI is InChI=1S/C21H22Cl2N4O3S/c1-2-14-11-26(12-17-6-7-24-13-25-17)21(28)20-5-3-4-19(14)27(20)31(29,30)18-9-15(22)8-16(23)10-18/h2,6-10,13-14,19-20H,1,3-5,11-12H2/t14-,19-,20+/m1/s1. The van der Waals surface area contributed by atoms with Crippen molar-refractivity contribution >= 4 is 39.1 Å². The number of fused-ring (bicyclic) bond motifs is 2. The number of rotatable bonds is 5. The largest absolute Gasteiger partial charge is 0.335 e. The number of nitrogens with zero attached hydrogens (tertiary/aromatic N) is 4. The Morgan fingerprint density at radius 2 is 1.94 bits per heavy atom. The van der Waals surface area contributed by atoms with Gasteiger partial charge in [-0.05, 0) is 43.5 Å². The lowest BCUT2D eigenvalue weighted by atomic mass is 9.90. The molecule has 0 aliphatic carbocycles. The first-order valence-electron chi connectivity index (χ1n) is 9.97.